The Balaban J connectivity index is 1.28. The molecule has 2 fully saturated rings. The molecule has 0 aliphatic carbocycles. The molecule has 3 aliphatic heterocycles. The number of benzene rings is 1. The molecule has 1 aromatic rings. The fourth-order valence-corrected chi connectivity index (χ4v) is 5.24. The van der Waals surface area contributed by atoms with Crippen molar-refractivity contribution in [3.05, 3.63) is 23.8 Å². The Labute approximate surface area is 170 Å². The van der Waals surface area contributed by atoms with Gasteiger partial charge in [-0.2, -0.15) is 4.31 Å². The number of hydrogen-bond donors (Lipinski definition) is 0. The molecule has 4 rings (SSSR count). The second kappa shape index (κ2) is 8.29. The molecule has 0 radical (unpaired) electrons. The maximum Gasteiger partial charge on any atom is 0.231 e. The molecule has 1 aromatic carbocycles. The molecule has 0 unspecified atom stereocenters. The first-order valence-electron chi connectivity index (χ1n) is 9.84. The lowest BCUT2D eigenvalue weighted by Crippen LogP contribution is -2.50. The number of likely N-dealkylation sites (tertiary alicyclic amines) is 1. The van der Waals surface area contributed by atoms with Gasteiger partial charge in [-0.3, -0.25) is 19.4 Å². The number of fused-ring (bicyclic) bond motifs is 1. The van der Waals surface area contributed by atoms with Crippen molar-refractivity contribution in [2.75, 3.05) is 45.3 Å². The van der Waals surface area contributed by atoms with E-state index in [1.54, 1.807) is 0 Å². The van der Waals surface area contributed by atoms with E-state index >= 15 is 0 Å². The highest BCUT2D eigenvalue weighted by Gasteiger charge is 2.31. The van der Waals surface area contributed by atoms with Gasteiger partial charge in [0.2, 0.25) is 28.6 Å². The summed E-state index contributed by atoms with van der Waals surface area (Å²) >= 11 is 0. The maximum absolute atomic E-state index is 12.7. The molecular weight excluding hydrogens is 398 g/mol. The summed E-state index contributed by atoms with van der Waals surface area (Å²) in [5.74, 6) is 0.725. The lowest BCUT2D eigenvalue weighted by molar-refractivity contribution is -0.147. The van der Waals surface area contributed by atoms with Crippen molar-refractivity contribution in [3.8, 4) is 11.5 Å². The number of rotatable bonds is 6. The topological polar surface area (TPSA) is 96.5 Å². The first kappa shape index (κ1) is 20.1. The third-order valence-corrected chi connectivity index (χ3v) is 7.37. The van der Waals surface area contributed by atoms with E-state index in [0.717, 1.165) is 22.0 Å². The average molecular weight is 423 g/mol. The highest BCUT2D eigenvalue weighted by atomic mass is 32.2. The van der Waals surface area contributed by atoms with Crippen molar-refractivity contribution in [1.29, 1.82) is 0 Å². The molecule has 0 atom stereocenters. The van der Waals surface area contributed by atoms with E-state index in [2.05, 4.69) is 4.90 Å². The first-order valence-corrected chi connectivity index (χ1v) is 11.5. The number of sulfonamides is 1. The van der Waals surface area contributed by atoms with Crippen LogP contribution in [0, 0.1) is 0 Å². The van der Waals surface area contributed by atoms with E-state index < -0.39 is 10.0 Å². The summed E-state index contributed by atoms with van der Waals surface area (Å²) in [5, 5.41) is 0. The molecule has 3 heterocycles. The van der Waals surface area contributed by atoms with Crippen LogP contribution in [0.15, 0.2) is 18.2 Å². The number of amides is 2. The summed E-state index contributed by atoms with van der Waals surface area (Å²) in [6.45, 7) is 2.93. The molecule has 0 bridgehead atoms. The van der Waals surface area contributed by atoms with Crippen LogP contribution in [0.1, 0.15) is 24.8 Å². The molecular formula is C19H25N3O6S. The molecule has 158 valence electrons. The van der Waals surface area contributed by atoms with E-state index in [9.17, 15) is 18.0 Å². The van der Waals surface area contributed by atoms with Crippen molar-refractivity contribution < 1.29 is 27.5 Å². The Morgan fingerprint density at radius 1 is 0.931 bits per heavy atom. The predicted octanol–water partition coefficient (Wildman–Crippen LogP) is 0.402. The van der Waals surface area contributed by atoms with Crippen molar-refractivity contribution in [2.45, 2.75) is 25.8 Å². The van der Waals surface area contributed by atoms with Crippen LogP contribution in [-0.2, 0) is 26.2 Å². The number of imide groups is 1. The number of piperazine rings is 1. The van der Waals surface area contributed by atoms with Crippen molar-refractivity contribution in [2.24, 2.45) is 0 Å². The molecule has 29 heavy (non-hydrogen) atoms. The molecule has 0 aromatic heterocycles. The summed E-state index contributed by atoms with van der Waals surface area (Å²) in [5.41, 5.74) is 1.09. The first-order chi connectivity index (χ1) is 13.9. The highest BCUT2D eigenvalue weighted by Crippen LogP contribution is 2.32. The Morgan fingerprint density at radius 3 is 2.34 bits per heavy atom. The number of nitrogens with zero attached hydrogens (tertiary/aromatic N) is 3. The molecule has 2 amide bonds. The Kier molecular flexibility index (Phi) is 5.75. The standard InChI is InChI=1S/C19H25N3O6S/c23-18-2-1-3-19(24)22(18)10-11-29(25,26)21-8-6-20(7-9-21)13-15-4-5-16-17(12-15)28-14-27-16/h4-5,12H,1-3,6-11,13-14H2. The van der Waals surface area contributed by atoms with Gasteiger partial charge >= 0.3 is 0 Å². The van der Waals surface area contributed by atoms with Crippen LogP contribution in [0.5, 0.6) is 11.5 Å². The van der Waals surface area contributed by atoms with Crippen LogP contribution in [0.25, 0.3) is 0 Å². The van der Waals surface area contributed by atoms with Gasteiger partial charge in [-0.05, 0) is 24.1 Å². The minimum absolute atomic E-state index is 0.0581. The lowest BCUT2D eigenvalue weighted by Gasteiger charge is -2.34. The van der Waals surface area contributed by atoms with Crippen LogP contribution in [-0.4, -0.2) is 79.6 Å². The lowest BCUT2D eigenvalue weighted by atomic mass is 10.1. The van der Waals surface area contributed by atoms with E-state index in [1.807, 2.05) is 18.2 Å². The van der Waals surface area contributed by atoms with Gasteiger partial charge < -0.3 is 9.47 Å². The third kappa shape index (κ3) is 4.54. The second-order valence-electron chi connectivity index (χ2n) is 7.47. The molecule has 0 saturated carbocycles. The number of carbonyl (C=O) groups excluding carboxylic acids is 2. The van der Waals surface area contributed by atoms with Gasteiger partial charge in [0, 0.05) is 52.1 Å². The van der Waals surface area contributed by atoms with Gasteiger partial charge in [0.25, 0.3) is 0 Å². The average Bonchev–Trinajstić information content (AvgIpc) is 3.16. The van der Waals surface area contributed by atoms with Gasteiger partial charge in [-0.25, -0.2) is 8.42 Å². The minimum atomic E-state index is -3.51. The van der Waals surface area contributed by atoms with Gasteiger partial charge in [-0.15, -0.1) is 0 Å². The van der Waals surface area contributed by atoms with Crippen LogP contribution in [0.3, 0.4) is 0 Å². The zero-order valence-electron chi connectivity index (χ0n) is 16.2. The predicted molar refractivity (Wildman–Crippen MR) is 104 cm³/mol. The van der Waals surface area contributed by atoms with Crippen LogP contribution in [0.4, 0.5) is 0 Å². The van der Waals surface area contributed by atoms with E-state index in [0.29, 0.717) is 52.0 Å². The molecule has 0 spiro atoms. The smallest absolute Gasteiger partial charge is 0.231 e. The van der Waals surface area contributed by atoms with Crippen molar-refractivity contribution >= 4 is 21.8 Å². The maximum atomic E-state index is 12.7. The number of piperidine rings is 1. The zero-order chi connectivity index (χ0) is 20.4. The minimum Gasteiger partial charge on any atom is -0.454 e. The van der Waals surface area contributed by atoms with Gasteiger partial charge in [0.1, 0.15) is 0 Å². The van der Waals surface area contributed by atoms with E-state index in [4.69, 9.17) is 9.47 Å². The quantitative estimate of drug-likeness (QED) is 0.611. The molecule has 10 heteroatoms. The van der Waals surface area contributed by atoms with Gasteiger partial charge in [-0.1, -0.05) is 6.07 Å². The fourth-order valence-electron chi connectivity index (χ4n) is 3.85. The molecule has 2 saturated heterocycles. The molecule has 9 nitrogen and oxygen atoms in total. The van der Waals surface area contributed by atoms with Gasteiger partial charge in [0.05, 0.1) is 5.75 Å². The van der Waals surface area contributed by atoms with E-state index in [1.165, 1.54) is 4.31 Å². The second-order valence-corrected chi connectivity index (χ2v) is 9.56. The largest absolute Gasteiger partial charge is 0.454 e. The Hall–Kier alpha value is -2.17. The summed E-state index contributed by atoms with van der Waals surface area (Å²) < 4.78 is 37.5. The SMILES string of the molecule is O=C1CCCC(=O)N1CCS(=O)(=O)N1CCN(Cc2ccc3c(c2)OCO3)CC1. The molecule has 0 N–H and O–H groups in total. The Morgan fingerprint density at radius 2 is 1.62 bits per heavy atom. The van der Waals surface area contributed by atoms with Crippen LogP contribution >= 0.6 is 0 Å². The van der Waals surface area contributed by atoms with E-state index in [-0.39, 0.29) is 30.9 Å². The van der Waals surface area contributed by atoms with Crippen molar-refractivity contribution in [3.63, 3.8) is 0 Å². The summed E-state index contributed by atoms with van der Waals surface area (Å²) in [4.78, 5) is 27.0. The summed E-state index contributed by atoms with van der Waals surface area (Å²) in [6.07, 6.45) is 1.17. The number of hydrogen-bond acceptors (Lipinski definition) is 7. The third-order valence-electron chi connectivity index (χ3n) is 5.52. The monoisotopic (exact) mass is 423 g/mol. The zero-order valence-corrected chi connectivity index (χ0v) is 17.0. The Bertz CT molecular complexity index is 879. The van der Waals surface area contributed by atoms with Crippen LogP contribution < -0.4 is 9.47 Å². The van der Waals surface area contributed by atoms with Crippen molar-refractivity contribution in [1.82, 2.24) is 14.1 Å². The van der Waals surface area contributed by atoms with Crippen LogP contribution in [0.2, 0.25) is 0 Å². The normalized spacial score (nSPS) is 21.0. The number of ether oxygens (including phenoxy) is 2. The summed E-state index contributed by atoms with van der Waals surface area (Å²) in [6, 6.07) is 5.84. The fraction of sp³-hybridized carbons (Fsp3) is 0.579. The number of carbonyl (C=O) groups is 2. The summed E-state index contributed by atoms with van der Waals surface area (Å²) in [7, 11) is -3.51. The molecule has 3 aliphatic rings. The highest BCUT2D eigenvalue weighted by molar-refractivity contribution is 7.89. The van der Waals surface area contributed by atoms with Gasteiger partial charge in [0.15, 0.2) is 11.5 Å².